The smallest absolute Gasteiger partial charge is 0.411 e. The van der Waals surface area contributed by atoms with Gasteiger partial charge in [-0.3, -0.25) is 9.69 Å². The molecule has 0 radical (unpaired) electrons. The lowest BCUT2D eigenvalue weighted by Crippen LogP contribution is -2.45. The fourth-order valence-corrected chi connectivity index (χ4v) is 2.21. The summed E-state index contributed by atoms with van der Waals surface area (Å²) in [5, 5.41) is 0. The van der Waals surface area contributed by atoms with Gasteiger partial charge in [-0.1, -0.05) is 24.3 Å². The first kappa shape index (κ1) is 21.6. The molecule has 1 amide bonds. The molecule has 0 unspecified atom stereocenters. The van der Waals surface area contributed by atoms with Crippen molar-refractivity contribution < 1.29 is 23.9 Å². The molecular weight excluding hydrogens is 336 g/mol. The fraction of sp³-hybridized carbons (Fsp3) is 0.526. The summed E-state index contributed by atoms with van der Waals surface area (Å²) in [6, 6.07) is 5.33. The molecule has 2 N–H and O–H groups in total. The van der Waals surface area contributed by atoms with Crippen LogP contribution in [-0.4, -0.2) is 47.5 Å². The molecule has 2 atom stereocenters. The minimum atomic E-state index is -0.819. The Bertz CT molecular complexity index is 647. The molecule has 0 saturated heterocycles. The number of ether oxygens (including phenoxy) is 2. The zero-order valence-corrected chi connectivity index (χ0v) is 16.2. The number of hydrogen-bond acceptors (Lipinski definition) is 6. The largest absolute Gasteiger partial charge is 0.467 e. The molecule has 7 nitrogen and oxygen atoms in total. The van der Waals surface area contributed by atoms with E-state index < -0.39 is 29.7 Å². The second-order valence-corrected chi connectivity index (χ2v) is 7.16. The van der Waals surface area contributed by atoms with E-state index in [0.717, 1.165) is 5.56 Å². The van der Waals surface area contributed by atoms with Crippen LogP contribution in [0, 0.1) is 0 Å². The van der Waals surface area contributed by atoms with Gasteiger partial charge >= 0.3 is 12.1 Å². The van der Waals surface area contributed by atoms with E-state index in [4.69, 9.17) is 15.2 Å². The predicted molar refractivity (Wildman–Crippen MR) is 97.7 cm³/mol. The number of rotatable bonds is 6. The standard InChI is InChI=1S/C19H28N2O5/c1-12(20)16(22)15-9-7-14(8-10-15)11-21(13(2)17(23)25-6)18(24)26-19(3,4)5/h7-10,12-13H,11,20H2,1-6H3/t12-,13-/m0/s1. The van der Waals surface area contributed by atoms with Crippen LogP contribution in [0.1, 0.15) is 50.5 Å². The second kappa shape index (κ2) is 8.80. The van der Waals surface area contributed by atoms with Crippen LogP contribution in [-0.2, 0) is 20.8 Å². The lowest BCUT2D eigenvalue weighted by molar-refractivity contribution is -0.146. The van der Waals surface area contributed by atoms with E-state index in [-0.39, 0.29) is 12.3 Å². The quantitative estimate of drug-likeness (QED) is 0.615. The van der Waals surface area contributed by atoms with Gasteiger partial charge in [-0.2, -0.15) is 0 Å². The van der Waals surface area contributed by atoms with E-state index in [1.807, 2.05) is 0 Å². The minimum absolute atomic E-state index is 0.137. The van der Waals surface area contributed by atoms with Gasteiger partial charge in [0.2, 0.25) is 0 Å². The molecule has 0 aliphatic heterocycles. The van der Waals surface area contributed by atoms with Gasteiger partial charge in [-0.25, -0.2) is 9.59 Å². The third-order valence-electron chi connectivity index (χ3n) is 3.64. The first-order valence-corrected chi connectivity index (χ1v) is 8.42. The number of hydrogen-bond donors (Lipinski definition) is 1. The van der Waals surface area contributed by atoms with Crippen molar-refractivity contribution in [2.75, 3.05) is 7.11 Å². The molecule has 0 heterocycles. The summed E-state index contributed by atoms with van der Waals surface area (Å²) < 4.78 is 10.1. The van der Waals surface area contributed by atoms with E-state index in [9.17, 15) is 14.4 Å². The third kappa shape index (κ3) is 6.15. The second-order valence-electron chi connectivity index (χ2n) is 7.16. The van der Waals surface area contributed by atoms with Gasteiger partial charge in [0.15, 0.2) is 5.78 Å². The molecule has 26 heavy (non-hydrogen) atoms. The molecule has 0 saturated carbocycles. The summed E-state index contributed by atoms with van der Waals surface area (Å²) in [6.45, 7) is 8.58. The number of carbonyl (C=O) groups is 3. The van der Waals surface area contributed by atoms with E-state index >= 15 is 0 Å². The first-order chi connectivity index (χ1) is 12.0. The summed E-state index contributed by atoms with van der Waals surface area (Å²) in [5.74, 6) is -0.705. The SMILES string of the molecule is COC(=O)[C@H](C)N(Cc1ccc(C(=O)[C@H](C)N)cc1)C(=O)OC(C)(C)C. The van der Waals surface area contributed by atoms with Crippen LogP contribution >= 0.6 is 0 Å². The van der Waals surface area contributed by atoms with E-state index in [2.05, 4.69) is 0 Å². The first-order valence-electron chi connectivity index (χ1n) is 8.42. The van der Waals surface area contributed by atoms with Gasteiger partial charge in [0.1, 0.15) is 11.6 Å². The highest BCUT2D eigenvalue weighted by Gasteiger charge is 2.30. The number of nitrogens with zero attached hydrogens (tertiary/aromatic N) is 1. The number of benzene rings is 1. The normalized spacial score (nSPS) is 13.5. The molecule has 1 rings (SSSR count). The number of carbonyl (C=O) groups excluding carboxylic acids is 3. The summed E-state index contributed by atoms with van der Waals surface area (Å²) >= 11 is 0. The van der Waals surface area contributed by atoms with Crippen molar-refractivity contribution in [2.45, 2.75) is 58.8 Å². The van der Waals surface area contributed by atoms with Crippen LogP contribution in [0.2, 0.25) is 0 Å². The summed E-state index contributed by atoms with van der Waals surface area (Å²) in [4.78, 5) is 37.6. The lowest BCUT2D eigenvalue weighted by atomic mass is 10.0. The topological polar surface area (TPSA) is 98.9 Å². The zero-order chi connectivity index (χ0) is 20.1. The van der Waals surface area contributed by atoms with Crippen molar-refractivity contribution in [1.82, 2.24) is 4.90 Å². The summed E-state index contributed by atoms with van der Waals surface area (Å²) in [7, 11) is 1.26. The van der Waals surface area contributed by atoms with Crippen molar-refractivity contribution in [3.63, 3.8) is 0 Å². The Labute approximate surface area is 154 Å². The van der Waals surface area contributed by atoms with E-state index in [0.29, 0.717) is 5.56 Å². The summed E-state index contributed by atoms with van der Waals surface area (Å²) in [5.41, 5.74) is 6.14. The Hall–Kier alpha value is -2.41. The van der Waals surface area contributed by atoms with Gasteiger partial charge in [0.05, 0.1) is 13.2 Å². The van der Waals surface area contributed by atoms with Crippen LogP contribution < -0.4 is 5.73 Å². The Balaban J connectivity index is 3.03. The fourth-order valence-electron chi connectivity index (χ4n) is 2.21. The third-order valence-corrected chi connectivity index (χ3v) is 3.64. The Kier molecular flexibility index (Phi) is 7.32. The van der Waals surface area contributed by atoms with Crippen molar-refractivity contribution in [1.29, 1.82) is 0 Å². The van der Waals surface area contributed by atoms with Crippen LogP contribution in [0.5, 0.6) is 0 Å². The number of amides is 1. The monoisotopic (exact) mass is 364 g/mol. The average molecular weight is 364 g/mol. The van der Waals surface area contributed by atoms with Gasteiger partial charge in [0, 0.05) is 12.1 Å². The van der Waals surface area contributed by atoms with Crippen molar-refractivity contribution in [2.24, 2.45) is 5.73 Å². The maximum atomic E-state index is 12.5. The average Bonchev–Trinajstić information content (AvgIpc) is 2.56. The molecule has 0 fully saturated rings. The Morgan fingerprint density at radius 3 is 2.08 bits per heavy atom. The molecule has 1 aromatic carbocycles. The molecule has 0 aliphatic rings. The number of Topliss-reactive ketones (excluding diaryl/α,β-unsaturated/α-hetero) is 1. The lowest BCUT2D eigenvalue weighted by Gasteiger charge is -2.30. The maximum absolute atomic E-state index is 12.5. The van der Waals surface area contributed by atoms with Crippen LogP contribution in [0.3, 0.4) is 0 Å². The highest BCUT2D eigenvalue weighted by atomic mass is 16.6. The number of esters is 1. The van der Waals surface area contributed by atoms with Crippen molar-refractivity contribution in [3.05, 3.63) is 35.4 Å². The summed E-state index contributed by atoms with van der Waals surface area (Å²) in [6.07, 6.45) is -0.619. The van der Waals surface area contributed by atoms with Gasteiger partial charge in [-0.05, 0) is 40.2 Å². The molecular formula is C19H28N2O5. The maximum Gasteiger partial charge on any atom is 0.411 e. The van der Waals surface area contributed by atoms with Crippen molar-refractivity contribution in [3.8, 4) is 0 Å². The van der Waals surface area contributed by atoms with Crippen LogP contribution in [0.4, 0.5) is 4.79 Å². The Morgan fingerprint density at radius 1 is 1.12 bits per heavy atom. The van der Waals surface area contributed by atoms with Gasteiger partial charge in [-0.15, -0.1) is 0 Å². The Morgan fingerprint density at radius 2 is 1.65 bits per heavy atom. The van der Waals surface area contributed by atoms with Crippen LogP contribution in [0.25, 0.3) is 0 Å². The van der Waals surface area contributed by atoms with E-state index in [1.165, 1.54) is 12.0 Å². The van der Waals surface area contributed by atoms with Crippen LogP contribution in [0.15, 0.2) is 24.3 Å². The number of ketones is 1. The zero-order valence-electron chi connectivity index (χ0n) is 16.2. The molecule has 0 aliphatic carbocycles. The molecule has 7 heteroatoms. The molecule has 0 bridgehead atoms. The number of methoxy groups -OCH3 is 1. The highest BCUT2D eigenvalue weighted by Crippen LogP contribution is 2.17. The van der Waals surface area contributed by atoms with Gasteiger partial charge < -0.3 is 15.2 Å². The van der Waals surface area contributed by atoms with Gasteiger partial charge in [0.25, 0.3) is 0 Å². The molecule has 1 aromatic rings. The highest BCUT2D eigenvalue weighted by molar-refractivity contribution is 5.99. The minimum Gasteiger partial charge on any atom is -0.467 e. The molecule has 0 aromatic heterocycles. The van der Waals surface area contributed by atoms with E-state index in [1.54, 1.807) is 58.9 Å². The van der Waals surface area contributed by atoms with Crippen molar-refractivity contribution >= 4 is 17.8 Å². The number of nitrogens with two attached hydrogens (primary N) is 1. The predicted octanol–water partition coefficient (Wildman–Crippen LogP) is 2.52. The molecule has 144 valence electrons. The molecule has 0 spiro atoms.